The molecule has 1 heterocycles. The Morgan fingerprint density at radius 3 is 2.38 bits per heavy atom. The minimum Gasteiger partial charge on any atom is -0.495 e. The van der Waals surface area contributed by atoms with Gasteiger partial charge < -0.3 is 9.47 Å². The Bertz CT molecular complexity index is 660. The molecular weight excluding hydrogens is 396 g/mol. The highest BCUT2D eigenvalue weighted by molar-refractivity contribution is 9.10. The summed E-state index contributed by atoms with van der Waals surface area (Å²) in [6.07, 6.45) is 3.61. The van der Waals surface area contributed by atoms with E-state index in [0.29, 0.717) is 16.8 Å². The lowest BCUT2D eigenvalue weighted by Crippen LogP contribution is -2.44. The largest absolute Gasteiger partial charge is 0.495 e. The summed E-state index contributed by atoms with van der Waals surface area (Å²) < 4.78 is 39.0. The van der Waals surface area contributed by atoms with Crippen LogP contribution < -0.4 is 14.2 Å². The fourth-order valence-corrected chi connectivity index (χ4v) is 4.79. The maximum absolute atomic E-state index is 12.7. The summed E-state index contributed by atoms with van der Waals surface area (Å²) >= 11 is 3.32. The van der Waals surface area contributed by atoms with Gasteiger partial charge in [-0.1, -0.05) is 6.42 Å². The standard InChI is InChI=1S/C16H25BrN2O4S/c1-12(19-7-5-4-6-8-19)11-18-24(20,21)16-9-13(17)14(22-2)10-15(16)23-3/h9-10,12,18H,4-8,11H2,1-3H3. The van der Waals surface area contributed by atoms with E-state index in [9.17, 15) is 8.42 Å². The molecule has 6 nitrogen and oxygen atoms in total. The molecule has 1 saturated heterocycles. The highest BCUT2D eigenvalue weighted by atomic mass is 79.9. The van der Waals surface area contributed by atoms with Crippen molar-refractivity contribution in [1.29, 1.82) is 0 Å². The molecule has 24 heavy (non-hydrogen) atoms. The van der Waals surface area contributed by atoms with Crippen molar-refractivity contribution in [2.45, 2.75) is 37.1 Å². The summed E-state index contributed by atoms with van der Waals surface area (Å²) in [6.45, 7) is 4.48. The zero-order valence-corrected chi connectivity index (χ0v) is 16.7. The minimum atomic E-state index is -3.67. The first kappa shape index (κ1) is 19.5. The third-order valence-electron chi connectivity index (χ3n) is 4.31. The van der Waals surface area contributed by atoms with Crippen molar-refractivity contribution in [3.63, 3.8) is 0 Å². The molecule has 2 rings (SSSR count). The lowest BCUT2D eigenvalue weighted by atomic mass is 10.1. The van der Waals surface area contributed by atoms with Gasteiger partial charge in [-0.25, -0.2) is 13.1 Å². The van der Waals surface area contributed by atoms with Gasteiger partial charge in [0.15, 0.2) is 0 Å². The quantitative estimate of drug-likeness (QED) is 0.733. The fourth-order valence-electron chi connectivity index (χ4n) is 2.84. The average Bonchev–Trinajstić information content (AvgIpc) is 2.60. The zero-order valence-electron chi connectivity index (χ0n) is 14.3. The van der Waals surface area contributed by atoms with E-state index < -0.39 is 10.0 Å². The van der Waals surface area contributed by atoms with Crippen LogP contribution in [0.2, 0.25) is 0 Å². The molecule has 0 saturated carbocycles. The van der Waals surface area contributed by atoms with E-state index in [2.05, 4.69) is 32.5 Å². The predicted octanol–water partition coefficient (Wildman–Crippen LogP) is 2.62. The monoisotopic (exact) mass is 420 g/mol. The third kappa shape index (κ3) is 4.62. The van der Waals surface area contributed by atoms with Crippen molar-refractivity contribution < 1.29 is 17.9 Å². The lowest BCUT2D eigenvalue weighted by molar-refractivity contribution is 0.175. The Morgan fingerprint density at radius 1 is 1.17 bits per heavy atom. The maximum Gasteiger partial charge on any atom is 0.244 e. The second-order valence-corrected chi connectivity index (χ2v) is 8.52. The van der Waals surface area contributed by atoms with Gasteiger partial charge in [0, 0.05) is 18.7 Å². The van der Waals surface area contributed by atoms with Crippen LogP contribution in [-0.4, -0.2) is 53.2 Å². The molecule has 1 unspecified atom stereocenters. The van der Waals surface area contributed by atoms with Gasteiger partial charge in [-0.3, -0.25) is 4.90 Å². The number of methoxy groups -OCH3 is 2. The summed E-state index contributed by atoms with van der Waals surface area (Å²) in [5, 5.41) is 0. The van der Waals surface area contributed by atoms with Crippen LogP contribution in [0.1, 0.15) is 26.2 Å². The smallest absolute Gasteiger partial charge is 0.244 e. The van der Waals surface area contributed by atoms with Gasteiger partial charge in [0.25, 0.3) is 0 Å². The average molecular weight is 421 g/mol. The Hall–Kier alpha value is -0.830. The molecule has 8 heteroatoms. The molecule has 1 N–H and O–H groups in total. The first-order valence-corrected chi connectivity index (χ1v) is 10.3. The third-order valence-corrected chi connectivity index (χ3v) is 6.37. The number of benzene rings is 1. The predicted molar refractivity (Wildman–Crippen MR) is 97.3 cm³/mol. The molecule has 1 aliphatic rings. The highest BCUT2D eigenvalue weighted by Gasteiger charge is 2.24. The van der Waals surface area contributed by atoms with Crippen molar-refractivity contribution in [2.24, 2.45) is 0 Å². The molecule has 1 atom stereocenters. The molecule has 0 aliphatic carbocycles. The molecule has 1 aliphatic heterocycles. The van der Waals surface area contributed by atoms with Crippen molar-refractivity contribution >= 4 is 26.0 Å². The number of nitrogens with one attached hydrogen (secondary N) is 1. The highest BCUT2D eigenvalue weighted by Crippen LogP contribution is 2.35. The van der Waals surface area contributed by atoms with Gasteiger partial charge in [-0.05, 0) is 54.9 Å². The molecular formula is C16H25BrN2O4S. The number of piperidine rings is 1. The van der Waals surface area contributed by atoms with Crippen molar-refractivity contribution in [2.75, 3.05) is 33.9 Å². The van der Waals surface area contributed by atoms with E-state index in [0.717, 1.165) is 13.1 Å². The van der Waals surface area contributed by atoms with Gasteiger partial charge in [0.05, 0.1) is 18.7 Å². The van der Waals surface area contributed by atoms with E-state index in [1.807, 2.05) is 0 Å². The Kier molecular flexibility index (Phi) is 6.91. The zero-order chi connectivity index (χ0) is 17.7. The lowest BCUT2D eigenvalue weighted by Gasteiger charge is -2.32. The summed E-state index contributed by atoms with van der Waals surface area (Å²) in [7, 11) is -0.709. The van der Waals surface area contributed by atoms with Crippen LogP contribution in [0.25, 0.3) is 0 Å². The molecule has 0 amide bonds. The van der Waals surface area contributed by atoms with Crippen LogP contribution in [0.5, 0.6) is 11.5 Å². The second kappa shape index (κ2) is 8.51. The molecule has 1 aromatic rings. The van der Waals surface area contributed by atoms with E-state index in [1.54, 1.807) is 6.07 Å². The maximum atomic E-state index is 12.7. The fraction of sp³-hybridized carbons (Fsp3) is 0.625. The molecule has 1 fully saturated rings. The van der Waals surface area contributed by atoms with Crippen LogP contribution >= 0.6 is 15.9 Å². The summed E-state index contributed by atoms with van der Waals surface area (Å²) in [5.74, 6) is 0.778. The van der Waals surface area contributed by atoms with Gasteiger partial charge in [-0.2, -0.15) is 0 Å². The van der Waals surface area contributed by atoms with E-state index >= 15 is 0 Å². The van der Waals surface area contributed by atoms with Crippen molar-refractivity contribution in [3.8, 4) is 11.5 Å². The first-order valence-electron chi connectivity index (χ1n) is 8.04. The molecule has 0 bridgehead atoms. The Balaban J connectivity index is 2.13. The summed E-state index contributed by atoms with van der Waals surface area (Å²) in [6, 6.07) is 3.23. The van der Waals surface area contributed by atoms with Gasteiger partial charge in [-0.15, -0.1) is 0 Å². The van der Waals surface area contributed by atoms with Gasteiger partial charge >= 0.3 is 0 Å². The second-order valence-electron chi connectivity index (χ2n) is 5.94. The van der Waals surface area contributed by atoms with Crippen LogP contribution in [0.15, 0.2) is 21.5 Å². The van der Waals surface area contributed by atoms with Crippen molar-refractivity contribution in [1.82, 2.24) is 9.62 Å². The number of halogens is 1. The van der Waals surface area contributed by atoms with E-state index in [4.69, 9.17) is 9.47 Å². The Labute approximate surface area is 152 Å². The Morgan fingerprint density at radius 2 is 1.79 bits per heavy atom. The summed E-state index contributed by atoms with van der Waals surface area (Å²) in [5.41, 5.74) is 0. The number of hydrogen-bond donors (Lipinski definition) is 1. The van der Waals surface area contributed by atoms with E-state index in [1.165, 1.54) is 39.5 Å². The topological polar surface area (TPSA) is 67.9 Å². The first-order chi connectivity index (χ1) is 11.4. The molecule has 0 radical (unpaired) electrons. The van der Waals surface area contributed by atoms with Crippen LogP contribution in [-0.2, 0) is 10.0 Å². The molecule has 0 aromatic heterocycles. The number of ether oxygens (including phenoxy) is 2. The minimum absolute atomic E-state index is 0.100. The van der Waals surface area contributed by atoms with Crippen LogP contribution in [0, 0.1) is 0 Å². The number of rotatable bonds is 7. The van der Waals surface area contributed by atoms with E-state index in [-0.39, 0.29) is 16.7 Å². The number of likely N-dealkylation sites (tertiary alicyclic amines) is 1. The number of hydrogen-bond acceptors (Lipinski definition) is 5. The summed E-state index contributed by atoms with van der Waals surface area (Å²) in [4.78, 5) is 2.43. The van der Waals surface area contributed by atoms with Gasteiger partial charge in [0.1, 0.15) is 16.4 Å². The SMILES string of the molecule is COc1cc(OC)c(S(=O)(=O)NCC(C)N2CCCCC2)cc1Br. The van der Waals surface area contributed by atoms with Crippen molar-refractivity contribution in [3.05, 3.63) is 16.6 Å². The normalized spacial score (nSPS) is 17.5. The number of nitrogens with zero attached hydrogens (tertiary/aromatic N) is 1. The molecule has 136 valence electrons. The molecule has 1 aromatic carbocycles. The molecule has 0 spiro atoms. The van der Waals surface area contributed by atoms with Crippen LogP contribution in [0.4, 0.5) is 0 Å². The van der Waals surface area contributed by atoms with Gasteiger partial charge in [0.2, 0.25) is 10.0 Å². The van der Waals surface area contributed by atoms with Crippen LogP contribution in [0.3, 0.4) is 0 Å². The number of sulfonamides is 1.